The van der Waals surface area contributed by atoms with Crippen molar-refractivity contribution in [1.82, 2.24) is 29.0 Å². The first-order valence-electron chi connectivity index (χ1n) is 17.7. The van der Waals surface area contributed by atoms with Crippen LogP contribution in [0.2, 0.25) is 0 Å². The first-order chi connectivity index (χ1) is 28.2. The molecule has 0 radical (unpaired) electrons. The van der Waals surface area contributed by atoms with Gasteiger partial charge in [0.15, 0.2) is 5.78 Å². The molecule has 2 amide bonds. The molecule has 0 saturated carbocycles. The highest BCUT2D eigenvalue weighted by atomic mass is 32.2. The molecule has 4 N–H and O–H groups in total. The monoisotopic (exact) mass is 855 g/mol. The molecule has 6 heterocycles. The Kier molecular flexibility index (Phi) is 14.8. The molecule has 7 rings (SSSR count). The molecule has 316 valence electrons. The summed E-state index contributed by atoms with van der Waals surface area (Å²) in [5.74, 6) is -8.38. The van der Waals surface area contributed by atoms with Crippen LogP contribution in [0.25, 0.3) is 11.0 Å². The van der Waals surface area contributed by atoms with Crippen molar-refractivity contribution < 1.29 is 54.8 Å². The molecule has 0 bridgehead atoms. The van der Waals surface area contributed by atoms with E-state index >= 15 is 0 Å². The van der Waals surface area contributed by atoms with Gasteiger partial charge in [-0.3, -0.25) is 18.9 Å². The Morgan fingerprint density at radius 2 is 1.25 bits per heavy atom. The molecule has 4 aromatic heterocycles. The highest BCUT2D eigenvalue weighted by Gasteiger charge is 2.47. The second kappa shape index (κ2) is 19.3. The number of pyridine rings is 2. The van der Waals surface area contributed by atoms with Gasteiger partial charge in [0.05, 0.1) is 53.3 Å². The molecule has 2 aliphatic rings. The van der Waals surface area contributed by atoms with E-state index in [0.717, 1.165) is 26.4 Å². The quantitative estimate of drug-likeness (QED) is 0.119. The third-order valence-corrected chi connectivity index (χ3v) is 9.77. The number of fused-ring (bicyclic) bond motifs is 2. The van der Waals surface area contributed by atoms with Crippen LogP contribution >= 0.6 is 0 Å². The Balaban J connectivity index is 0.000000188. The maximum Gasteiger partial charge on any atom is 0.335 e. The van der Waals surface area contributed by atoms with Crippen LogP contribution in [0.3, 0.4) is 0 Å². The summed E-state index contributed by atoms with van der Waals surface area (Å²) in [6, 6.07) is 17.0. The Bertz CT molecular complexity index is 2550. The van der Waals surface area contributed by atoms with E-state index in [2.05, 4.69) is 10.2 Å². The highest BCUT2D eigenvalue weighted by molar-refractivity contribution is 7.85. The van der Waals surface area contributed by atoms with E-state index in [1.807, 2.05) is 6.92 Å². The van der Waals surface area contributed by atoms with E-state index in [1.54, 1.807) is 88.4 Å². The second-order valence-electron chi connectivity index (χ2n) is 13.4. The van der Waals surface area contributed by atoms with E-state index in [0.29, 0.717) is 5.56 Å². The maximum absolute atomic E-state index is 13.4. The largest absolute Gasteiger partial charge is 0.478 e. The van der Waals surface area contributed by atoms with Crippen LogP contribution < -0.4 is 5.73 Å². The predicted octanol–water partition coefficient (Wildman–Crippen LogP) is 4.04. The third kappa shape index (κ3) is 12.4. The minimum atomic E-state index is -4.02. The topological polar surface area (TPSA) is 258 Å². The van der Waals surface area contributed by atoms with Crippen LogP contribution in [0.5, 0.6) is 0 Å². The van der Waals surface area contributed by atoms with Gasteiger partial charge >= 0.3 is 5.97 Å². The van der Waals surface area contributed by atoms with Crippen LogP contribution in [0.4, 0.5) is 17.6 Å². The van der Waals surface area contributed by atoms with Gasteiger partial charge < -0.3 is 20.6 Å². The summed E-state index contributed by atoms with van der Waals surface area (Å²) in [5, 5.41) is 34.0. The Morgan fingerprint density at radius 1 is 0.783 bits per heavy atom. The van der Waals surface area contributed by atoms with Gasteiger partial charge in [0.2, 0.25) is 11.8 Å². The number of hydrogen-bond donors (Lipinski definition) is 3. The lowest BCUT2D eigenvalue weighted by atomic mass is 10.1. The minimum Gasteiger partial charge on any atom is -0.478 e. The van der Waals surface area contributed by atoms with Crippen molar-refractivity contribution in [2.75, 3.05) is 19.6 Å². The average molecular weight is 856 g/mol. The molecular formula is C38H37F4N9O8S. The molecule has 22 heteroatoms. The smallest absolute Gasteiger partial charge is 0.335 e. The zero-order valence-corrected chi connectivity index (χ0v) is 32.4. The summed E-state index contributed by atoms with van der Waals surface area (Å²) in [7, 11) is -4.02. The number of rotatable bonds is 7. The number of nitriles is 2. The number of amides is 2. The van der Waals surface area contributed by atoms with Crippen molar-refractivity contribution in [2.24, 2.45) is 5.73 Å². The van der Waals surface area contributed by atoms with E-state index in [9.17, 15) is 45.2 Å². The Morgan fingerprint density at radius 3 is 1.70 bits per heavy atom. The van der Waals surface area contributed by atoms with Crippen molar-refractivity contribution in [3.05, 3.63) is 102 Å². The number of carboxylic acids is 1. The molecule has 0 spiro atoms. The molecule has 0 aliphatic carbocycles. The summed E-state index contributed by atoms with van der Waals surface area (Å²) in [6.45, 7) is 0.0450. The number of alkyl halides is 4. The Hall–Kier alpha value is -6.75. The van der Waals surface area contributed by atoms with Gasteiger partial charge in [-0.15, -0.1) is 0 Å². The van der Waals surface area contributed by atoms with Gasteiger partial charge in [-0.25, -0.2) is 31.4 Å². The van der Waals surface area contributed by atoms with Gasteiger partial charge in [0.1, 0.15) is 12.1 Å². The van der Waals surface area contributed by atoms with Crippen LogP contribution in [0.15, 0.2) is 90.3 Å². The van der Waals surface area contributed by atoms with Crippen molar-refractivity contribution >= 4 is 44.7 Å². The summed E-state index contributed by atoms with van der Waals surface area (Å²) >= 11 is 0. The average Bonchev–Trinajstić information content (AvgIpc) is 4.01. The number of carbonyl (C=O) groups is 4. The highest BCUT2D eigenvalue weighted by Crippen LogP contribution is 2.33. The predicted molar refractivity (Wildman–Crippen MR) is 202 cm³/mol. The fourth-order valence-electron chi connectivity index (χ4n) is 5.87. The fraction of sp³-hybridized carbons (Fsp3) is 0.316. The lowest BCUT2D eigenvalue weighted by molar-refractivity contribution is -0.132. The number of aryl methyl sites for hydroxylation is 1. The van der Waals surface area contributed by atoms with Crippen LogP contribution in [-0.4, -0.2) is 114 Å². The summed E-state index contributed by atoms with van der Waals surface area (Å²) in [6.07, 6.45) is 4.96. The molecule has 0 unspecified atom stereocenters. The van der Waals surface area contributed by atoms with Crippen LogP contribution in [-0.2, 0) is 19.7 Å². The van der Waals surface area contributed by atoms with Crippen LogP contribution in [0.1, 0.15) is 52.0 Å². The zero-order chi connectivity index (χ0) is 44.4. The number of nitrogens with zero attached hydrogens (tertiary/aromatic N) is 8. The van der Waals surface area contributed by atoms with Gasteiger partial charge in [0, 0.05) is 56.0 Å². The van der Waals surface area contributed by atoms with Gasteiger partial charge in [-0.05, 0) is 55.5 Å². The van der Waals surface area contributed by atoms with Crippen molar-refractivity contribution in [3.63, 3.8) is 0 Å². The van der Waals surface area contributed by atoms with Gasteiger partial charge in [0.25, 0.3) is 22.0 Å². The lowest BCUT2D eigenvalue weighted by Crippen LogP contribution is -2.39. The molecule has 1 aromatic carbocycles. The molecule has 2 fully saturated rings. The SMILES string of the molecule is Cc1ccc(S(=O)(=O)O)cc1.N#C[C@@H]1CC(F)(F)CN1C(=O)CCC(=O)c1ccn2nccc2c1.N#C[C@@H]1CC(F)(F)CN1C(=O)CN.O=C(O)c1ccn2nccc2c1. The molecule has 60 heavy (non-hydrogen) atoms. The number of aromatic nitrogens is 4. The number of benzene rings is 1. The number of nitrogens with two attached hydrogens (primary N) is 1. The van der Waals surface area contributed by atoms with Crippen molar-refractivity contribution in [1.29, 1.82) is 10.5 Å². The molecule has 2 saturated heterocycles. The third-order valence-electron chi connectivity index (χ3n) is 8.91. The normalized spacial score (nSPS) is 17.5. The number of halogens is 4. The minimum absolute atomic E-state index is 0.0666. The standard InChI is InChI=1S/C16H14F2N4O2.C8H6N2O2.C7H9F2N3O.C7H8O3S/c17-16(18)8-13(9-19)21(10-16)15(24)2-1-14(23)11-4-6-22-12(7-11)3-5-20-22;11-8(12)6-2-4-10-7(5-6)1-3-9-10;8-7(9)1-5(2-10)12(4-7)6(13)3-11;1-6-2-4-7(5-3-6)11(8,9)10/h3-7,13H,1-2,8,10H2;1-5H,(H,11,12);5H,1,3-4,11H2;2-5H,1H3,(H,8,9,10)/t13-;;5-;/m0.0./s1. The maximum atomic E-state index is 13.4. The number of likely N-dealkylation sites (tertiary alicyclic amines) is 2. The number of hydrogen-bond acceptors (Lipinski definition) is 11. The molecule has 5 aromatic rings. The number of Topliss-reactive ketones (excluding diaryl/α,β-unsaturated/α-hetero) is 1. The Labute approximate surface area is 339 Å². The number of ketones is 1. The number of aromatic carboxylic acids is 1. The summed E-state index contributed by atoms with van der Waals surface area (Å²) in [4.78, 5) is 47.4. The van der Waals surface area contributed by atoms with Gasteiger partial charge in [-0.1, -0.05) is 17.7 Å². The van der Waals surface area contributed by atoms with E-state index in [4.69, 9.17) is 25.9 Å². The van der Waals surface area contributed by atoms with Crippen LogP contribution in [0, 0.1) is 29.6 Å². The molecular weight excluding hydrogens is 819 g/mol. The first-order valence-corrected chi connectivity index (χ1v) is 19.1. The molecule has 17 nitrogen and oxygen atoms in total. The summed E-state index contributed by atoms with van der Waals surface area (Å²) < 4.78 is 85.0. The van der Waals surface area contributed by atoms with E-state index < -0.39 is 77.8 Å². The number of carboxylic acid groups (broad SMARTS) is 1. The fourth-order valence-corrected chi connectivity index (χ4v) is 6.35. The van der Waals surface area contributed by atoms with E-state index in [1.165, 1.54) is 18.2 Å². The van der Waals surface area contributed by atoms with Crippen molar-refractivity contribution in [3.8, 4) is 12.1 Å². The number of carbonyl (C=O) groups excluding carboxylic acids is 3. The second-order valence-corrected chi connectivity index (χ2v) is 14.8. The lowest BCUT2D eigenvalue weighted by Gasteiger charge is -2.18. The first kappa shape index (κ1) is 45.9. The molecule has 2 atom stereocenters. The summed E-state index contributed by atoms with van der Waals surface area (Å²) in [5.41, 5.74) is 8.21. The molecule has 2 aliphatic heterocycles. The van der Waals surface area contributed by atoms with Gasteiger partial charge in [-0.2, -0.15) is 29.1 Å². The van der Waals surface area contributed by atoms with E-state index in [-0.39, 0.29) is 35.6 Å². The van der Waals surface area contributed by atoms with Crippen molar-refractivity contribution in [2.45, 2.75) is 61.4 Å². The zero-order valence-electron chi connectivity index (χ0n) is 31.6.